The fourth-order valence-corrected chi connectivity index (χ4v) is 0.971. The van der Waals surface area contributed by atoms with Gasteiger partial charge in [0.1, 0.15) is 0 Å². The molecule has 0 aliphatic carbocycles. The third-order valence-electron chi connectivity index (χ3n) is 1.77. The maximum Gasteiger partial charge on any atom is 0.354 e. The van der Waals surface area contributed by atoms with Gasteiger partial charge in [-0.05, 0) is 6.07 Å². The van der Waals surface area contributed by atoms with Crippen LogP contribution in [0.25, 0.3) is 0 Å². The van der Waals surface area contributed by atoms with Crippen LogP contribution < -0.4 is 5.69 Å². The van der Waals surface area contributed by atoms with Gasteiger partial charge in [0.05, 0.1) is 0 Å². The molecular weight excluding hydrogens is 236 g/mol. The van der Waals surface area contributed by atoms with Gasteiger partial charge in [-0.1, -0.05) is 20.8 Å². The van der Waals surface area contributed by atoms with E-state index in [-0.39, 0.29) is 29.0 Å². The molecule has 0 saturated heterocycles. The van der Waals surface area contributed by atoms with Gasteiger partial charge in [0.15, 0.2) is 5.69 Å². The predicted octanol–water partition coefficient (Wildman–Crippen LogP) is 0.363. The number of hydrogen-bond acceptors (Lipinski definition) is 3. The van der Waals surface area contributed by atoms with E-state index in [2.05, 4.69) is 9.97 Å². The fraction of sp³-hybridized carbons (Fsp3) is 0.444. The molecule has 0 bridgehead atoms. The molecule has 4 N–H and O–H groups in total. The monoisotopic (exact) mass is 250 g/mol. The summed E-state index contributed by atoms with van der Waals surface area (Å²) in [6.07, 6.45) is 0. The van der Waals surface area contributed by atoms with Crippen molar-refractivity contribution < 1.29 is 15.4 Å². The Labute approximate surface area is 98.4 Å². The number of aromatic nitrogens is 2. The van der Waals surface area contributed by atoms with Gasteiger partial charge in [-0.2, -0.15) is 4.98 Å². The second-order valence-corrected chi connectivity index (χ2v) is 4.04. The van der Waals surface area contributed by atoms with E-state index in [0.29, 0.717) is 5.69 Å². The van der Waals surface area contributed by atoms with Crippen LogP contribution in [0.2, 0.25) is 0 Å². The summed E-state index contributed by atoms with van der Waals surface area (Å²) in [6.45, 7) is 5.64. The van der Waals surface area contributed by atoms with Crippen LogP contribution in [0, 0.1) is 0 Å². The van der Waals surface area contributed by atoms with Crippen molar-refractivity contribution in [2.24, 2.45) is 0 Å². The number of aromatic carboxylic acids is 1. The summed E-state index contributed by atoms with van der Waals surface area (Å²) in [7, 11) is 0. The molecule has 0 unspecified atom stereocenters. The van der Waals surface area contributed by atoms with Crippen molar-refractivity contribution in [3.8, 4) is 0 Å². The molecule has 1 aromatic rings. The molecule has 0 aliphatic rings. The van der Waals surface area contributed by atoms with E-state index >= 15 is 0 Å². The summed E-state index contributed by atoms with van der Waals surface area (Å²) in [6, 6.07) is 1.38. The first-order chi connectivity index (χ1) is 6.30. The van der Waals surface area contributed by atoms with Crippen molar-refractivity contribution in [2.45, 2.75) is 26.2 Å². The Morgan fingerprint density at radius 3 is 2.31 bits per heavy atom. The smallest absolute Gasteiger partial charge is 0.354 e. The molecule has 6 nitrogen and oxygen atoms in total. The van der Waals surface area contributed by atoms with Crippen molar-refractivity contribution in [1.82, 2.24) is 9.97 Å². The molecule has 1 heterocycles. The van der Waals surface area contributed by atoms with Gasteiger partial charge in [0.25, 0.3) is 0 Å². The Bertz CT molecular complexity index is 422. The molecule has 0 radical (unpaired) electrons. The lowest BCUT2D eigenvalue weighted by Gasteiger charge is -2.17. The summed E-state index contributed by atoms with van der Waals surface area (Å²) >= 11 is 0. The van der Waals surface area contributed by atoms with Crippen molar-refractivity contribution in [1.29, 1.82) is 0 Å². The van der Waals surface area contributed by atoms with Gasteiger partial charge in [-0.15, -0.1) is 12.4 Å². The molecule has 0 amide bonds. The van der Waals surface area contributed by atoms with E-state index in [1.165, 1.54) is 6.07 Å². The van der Waals surface area contributed by atoms with Crippen molar-refractivity contribution in [3.05, 3.63) is 27.9 Å². The number of nitrogens with one attached hydrogen (secondary N) is 1. The Balaban J connectivity index is 0. The standard InChI is InChI=1S/C9H12N2O3.ClH.H2O/c1-9(2,3)6-4-5(7(12)13)10-8(14)11-6;;/h4H,1-3H3,(H,12,13)(H,10,11,14);1H;1H2. The highest BCUT2D eigenvalue weighted by molar-refractivity contribution is 5.85. The minimum absolute atomic E-state index is 0. The molecule has 0 spiro atoms. The Hall–Kier alpha value is -1.40. The SMILES string of the molecule is CC(C)(C)c1cc(C(=O)O)nc(=O)[nH]1.Cl.O. The number of H-pyrrole nitrogens is 1. The van der Waals surface area contributed by atoms with Crippen LogP contribution in [0.1, 0.15) is 37.0 Å². The number of nitrogens with zero attached hydrogens (tertiary/aromatic N) is 1. The van der Waals surface area contributed by atoms with Crippen molar-refractivity contribution in [2.75, 3.05) is 0 Å². The second kappa shape index (κ2) is 5.62. The molecule has 0 aromatic carbocycles. The Kier molecular flexibility index (Phi) is 5.97. The number of carboxylic acids is 1. The largest absolute Gasteiger partial charge is 0.477 e. The van der Waals surface area contributed by atoms with Crippen LogP contribution in [-0.4, -0.2) is 26.5 Å². The third-order valence-corrected chi connectivity index (χ3v) is 1.77. The topological polar surface area (TPSA) is 115 Å². The molecule has 92 valence electrons. The molecule has 1 aromatic heterocycles. The van der Waals surface area contributed by atoms with Gasteiger partial charge in [-0.25, -0.2) is 9.59 Å². The molecule has 16 heavy (non-hydrogen) atoms. The molecule has 0 saturated carbocycles. The quantitative estimate of drug-likeness (QED) is 0.749. The van der Waals surface area contributed by atoms with Gasteiger partial charge in [-0.3, -0.25) is 0 Å². The van der Waals surface area contributed by atoms with E-state index in [1.54, 1.807) is 0 Å². The molecule has 0 aliphatic heterocycles. The summed E-state index contributed by atoms with van der Waals surface area (Å²) in [4.78, 5) is 27.5. The van der Waals surface area contributed by atoms with Gasteiger partial charge >= 0.3 is 11.7 Å². The summed E-state index contributed by atoms with van der Waals surface area (Å²) in [5, 5.41) is 8.68. The van der Waals surface area contributed by atoms with E-state index in [9.17, 15) is 9.59 Å². The van der Waals surface area contributed by atoms with Crippen molar-refractivity contribution >= 4 is 18.4 Å². The third kappa shape index (κ3) is 4.00. The van der Waals surface area contributed by atoms with E-state index in [1.807, 2.05) is 20.8 Å². The lowest BCUT2D eigenvalue weighted by Crippen LogP contribution is -2.24. The molecule has 0 fully saturated rings. The highest BCUT2D eigenvalue weighted by atomic mass is 35.5. The Morgan fingerprint density at radius 2 is 1.94 bits per heavy atom. The maximum absolute atomic E-state index is 11.0. The fourth-order valence-electron chi connectivity index (χ4n) is 0.971. The molecular formula is C9H15ClN2O4. The van der Waals surface area contributed by atoms with Crippen molar-refractivity contribution in [3.63, 3.8) is 0 Å². The Morgan fingerprint density at radius 1 is 1.44 bits per heavy atom. The first-order valence-electron chi connectivity index (χ1n) is 4.16. The van der Waals surface area contributed by atoms with Gasteiger partial charge in [0, 0.05) is 11.1 Å². The zero-order chi connectivity index (χ0) is 10.9. The number of halogens is 1. The second-order valence-electron chi connectivity index (χ2n) is 4.04. The minimum Gasteiger partial charge on any atom is -0.477 e. The molecule has 0 atom stereocenters. The number of hydrogen-bond donors (Lipinski definition) is 2. The van der Waals surface area contributed by atoms with E-state index in [4.69, 9.17) is 5.11 Å². The lowest BCUT2D eigenvalue weighted by molar-refractivity contribution is 0.0689. The zero-order valence-electron chi connectivity index (χ0n) is 9.20. The lowest BCUT2D eigenvalue weighted by atomic mass is 9.91. The van der Waals surface area contributed by atoms with E-state index < -0.39 is 11.7 Å². The first kappa shape index (κ1) is 17.0. The van der Waals surface area contributed by atoms with Crippen LogP contribution in [0.15, 0.2) is 10.9 Å². The van der Waals surface area contributed by atoms with Crippen LogP contribution >= 0.6 is 12.4 Å². The predicted molar refractivity (Wildman–Crippen MR) is 61.4 cm³/mol. The van der Waals surface area contributed by atoms with Gasteiger partial charge in [0.2, 0.25) is 0 Å². The molecule has 7 heteroatoms. The number of aromatic amines is 1. The highest BCUT2D eigenvalue weighted by Crippen LogP contribution is 2.18. The zero-order valence-corrected chi connectivity index (χ0v) is 10.0. The highest BCUT2D eigenvalue weighted by Gasteiger charge is 2.17. The van der Waals surface area contributed by atoms with Crippen LogP contribution in [0.4, 0.5) is 0 Å². The van der Waals surface area contributed by atoms with E-state index in [0.717, 1.165) is 0 Å². The average molecular weight is 251 g/mol. The molecule has 1 rings (SSSR count). The first-order valence-corrected chi connectivity index (χ1v) is 4.16. The number of carboxylic acid groups (broad SMARTS) is 1. The number of rotatable bonds is 1. The normalized spacial score (nSPS) is 9.94. The van der Waals surface area contributed by atoms with Crippen LogP contribution in [0.5, 0.6) is 0 Å². The summed E-state index contributed by atoms with van der Waals surface area (Å²) in [5.41, 5.74) is -0.588. The summed E-state index contributed by atoms with van der Waals surface area (Å²) in [5.74, 6) is -1.19. The number of carbonyl (C=O) groups is 1. The summed E-state index contributed by atoms with van der Waals surface area (Å²) < 4.78 is 0. The maximum atomic E-state index is 11.0. The van der Waals surface area contributed by atoms with Gasteiger partial charge < -0.3 is 15.6 Å². The minimum atomic E-state index is -1.19. The van der Waals surface area contributed by atoms with Crippen LogP contribution in [0.3, 0.4) is 0 Å². The van der Waals surface area contributed by atoms with Crippen LogP contribution in [-0.2, 0) is 5.41 Å². The average Bonchev–Trinajstić information content (AvgIpc) is 2.01.